The number of hydrogen-bond donors (Lipinski definition) is 0. The van der Waals surface area contributed by atoms with Gasteiger partial charge < -0.3 is 0 Å². The highest BCUT2D eigenvalue weighted by atomic mass is 35.5. The number of hydrogen-bond acceptors (Lipinski definition) is 1. The molecule has 1 aliphatic carbocycles. The minimum absolute atomic E-state index is 0. The van der Waals surface area contributed by atoms with Crippen LogP contribution in [-0.2, 0) is 6.18 Å². The second-order valence-corrected chi connectivity index (χ2v) is 7.06. The van der Waals surface area contributed by atoms with Crippen LogP contribution in [0.15, 0.2) is 60.2 Å². The number of halogens is 4. The predicted octanol–water partition coefficient (Wildman–Crippen LogP) is 6.76. The van der Waals surface area contributed by atoms with Gasteiger partial charge in [-0.3, -0.25) is 4.90 Å². The first-order chi connectivity index (χ1) is 12.4. The molecule has 1 unspecified atom stereocenters. The van der Waals surface area contributed by atoms with Crippen molar-refractivity contribution in [2.45, 2.75) is 37.9 Å². The third-order valence-electron chi connectivity index (χ3n) is 5.03. The van der Waals surface area contributed by atoms with Gasteiger partial charge in [0.1, 0.15) is 0 Å². The zero-order valence-corrected chi connectivity index (χ0v) is 16.4. The minimum Gasteiger partial charge on any atom is -0.299 e. The fourth-order valence-corrected chi connectivity index (χ4v) is 3.86. The molecular weight excluding hydrogens is 371 g/mol. The van der Waals surface area contributed by atoms with Crippen LogP contribution in [0.2, 0.25) is 0 Å². The van der Waals surface area contributed by atoms with Crippen LogP contribution in [0.25, 0.3) is 5.57 Å². The van der Waals surface area contributed by atoms with E-state index in [2.05, 4.69) is 17.0 Å². The number of likely N-dealkylation sites (N-methyl/N-ethyl adjacent to an activating group) is 1. The molecule has 3 rings (SSSR count). The van der Waals surface area contributed by atoms with Crippen molar-refractivity contribution in [1.82, 2.24) is 4.90 Å². The van der Waals surface area contributed by atoms with Crippen LogP contribution < -0.4 is 0 Å². The molecule has 0 amide bonds. The van der Waals surface area contributed by atoms with Crippen LogP contribution >= 0.6 is 12.4 Å². The fourth-order valence-electron chi connectivity index (χ4n) is 3.86. The lowest BCUT2D eigenvalue weighted by Gasteiger charge is -2.33. The lowest BCUT2D eigenvalue weighted by molar-refractivity contribution is -0.137. The van der Waals surface area contributed by atoms with Crippen molar-refractivity contribution >= 4 is 18.0 Å². The van der Waals surface area contributed by atoms with Gasteiger partial charge in [-0.25, -0.2) is 0 Å². The Morgan fingerprint density at radius 1 is 0.852 bits per heavy atom. The molecule has 2 aromatic carbocycles. The second-order valence-electron chi connectivity index (χ2n) is 7.06. The molecule has 1 atom stereocenters. The summed E-state index contributed by atoms with van der Waals surface area (Å²) in [5.74, 6) is 0. The van der Waals surface area contributed by atoms with Crippen LogP contribution in [0.5, 0.6) is 0 Å². The SMILES string of the molecule is CN(C)C(C1=C(c2ccccc2)CCCC1)c1ccc(C(F)(F)F)cc1.Cl. The topological polar surface area (TPSA) is 3.24 Å². The predicted molar refractivity (Wildman–Crippen MR) is 107 cm³/mol. The Bertz CT molecular complexity index is 764. The van der Waals surface area contributed by atoms with Gasteiger partial charge in [-0.1, -0.05) is 42.5 Å². The summed E-state index contributed by atoms with van der Waals surface area (Å²) >= 11 is 0. The van der Waals surface area contributed by atoms with Gasteiger partial charge in [0.25, 0.3) is 0 Å². The molecule has 146 valence electrons. The molecule has 0 aliphatic heterocycles. The number of rotatable bonds is 4. The summed E-state index contributed by atoms with van der Waals surface area (Å²) in [6.45, 7) is 0. The van der Waals surface area contributed by atoms with Crippen molar-refractivity contribution in [3.05, 3.63) is 76.9 Å². The van der Waals surface area contributed by atoms with Crippen molar-refractivity contribution in [3.63, 3.8) is 0 Å². The highest BCUT2D eigenvalue weighted by Crippen LogP contribution is 2.41. The highest BCUT2D eigenvalue weighted by Gasteiger charge is 2.31. The van der Waals surface area contributed by atoms with E-state index in [1.807, 2.05) is 32.3 Å². The van der Waals surface area contributed by atoms with E-state index in [-0.39, 0.29) is 18.4 Å². The van der Waals surface area contributed by atoms with Crippen LogP contribution in [0.3, 0.4) is 0 Å². The minimum atomic E-state index is -4.30. The average Bonchev–Trinajstić information content (AvgIpc) is 2.62. The first-order valence-electron chi connectivity index (χ1n) is 8.99. The van der Waals surface area contributed by atoms with Crippen molar-refractivity contribution in [3.8, 4) is 0 Å². The van der Waals surface area contributed by atoms with Gasteiger partial charge in [0.2, 0.25) is 0 Å². The normalized spacial score (nSPS) is 16.2. The van der Waals surface area contributed by atoms with Crippen LogP contribution in [-0.4, -0.2) is 19.0 Å². The molecule has 5 heteroatoms. The second kappa shape index (κ2) is 8.94. The van der Waals surface area contributed by atoms with E-state index < -0.39 is 11.7 Å². The van der Waals surface area contributed by atoms with E-state index in [4.69, 9.17) is 0 Å². The summed E-state index contributed by atoms with van der Waals surface area (Å²) in [5, 5.41) is 0. The maximum absolute atomic E-state index is 12.9. The largest absolute Gasteiger partial charge is 0.416 e. The van der Waals surface area contributed by atoms with E-state index in [1.54, 1.807) is 12.1 Å². The molecule has 0 N–H and O–H groups in total. The van der Waals surface area contributed by atoms with Gasteiger partial charge in [-0.15, -0.1) is 12.4 Å². The summed E-state index contributed by atoms with van der Waals surface area (Å²) in [6, 6.07) is 16.0. The van der Waals surface area contributed by atoms with Gasteiger partial charge >= 0.3 is 6.18 Å². The lowest BCUT2D eigenvalue weighted by Crippen LogP contribution is -2.24. The first kappa shape index (κ1) is 21.5. The summed E-state index contributed by atoms with van der Waals surface area (Å²) in [5.41, 5.74) is 4.21. The summed E-state index contributed by atoms with van der Waals surface area (Å²) in [4.78, 5) is 2.10. The van der Waals surface area contributed by atoms with Crippen molar-refractivity contribution in [2.24, 2.45) is 0 Å². The molecule has 0 saturated heterocycles. The van der Waals surface area contributed by atoms with Gasteiger partial charge in [0.05, 0.1) is 11.6 Å². The smallest absolute Gasteiger partial charge is 0.299 e. The zero-order chi connectivity index (χ0) is 18.7. The van der Waals surface area contributed by atoms with E-state index in [9.17, 15) is 13.2 Å². The third-order valence-corrected chi connectivity index (χ3v) is 5.03. The molecule has 1 nitrogen and oxygen atoms in total. The summed E-state index contributed by atoms with van der Waals surface area (Å²) in [6.07, 6.45) is -0.0264. The van der Waals surface area contributed by atoms with Crippen LogP contribution in [0.1, 0.15) is 48.4 Å². The molecule has 0 radical (unpaired) electrons. The van der Waals surface area contributed by atoms with Gasteiger partial charge in [-0.05, 0) is 74.2 Å². The number of benzene rings is 2. The highest BCUT2D eigenvalue weighted by molar-refractivity contribution is 5.85. The lowest BCUT2D eigenvalue weighted by atomic mass is 9.81. The summed E-state index contributed by atoms with van der Waals surface area (Å²) < 4.78 is 38.7. The Kier molecular flexibility index (Phi) is 7.12. The van der Waals surface area contributed by atoms with E-state index in [1.165, 1.54) is 28.8 Å². The fraction of sp³-hybridized carbons (Fsp3) is 0.364. The molecule has 0 bridgehead atoms. The van der Waals surface area contributed by atoms with E-state index >= 15 is 0 Å². The molecule has 0 saturated carbocycles. The third kappa shape index (κ3) is 4.94. The Morgan fingerprint density at radius 2 is 1.44 bits per heavy atom. The van der Waals surface area contributed by atoms with E-state index in [0.29, 0.717) is 0 Å². The maximum atomic E-state index is 12.9. The van der Waals surface area contributed by atoms with E-state index in [0.717, 1.165) is 31.2 Å². The Hall–Kier alpha value is -1.78. The monoisotopic (exact) mass is 395 g/mol. The quantitative estimate of drug-likeness (QED) is 0.552. The number of nitrogens with zero attached hydrogens (tertiary/aromatic N) is 1. The molecule has 2 aromatic rings. The molecule has 0 heterocycles. The zero-order valence-electron chi connectivity index (χ0n) is 15.6. The van der Waals surface area contributed by atoms with Crippen LogP contribution in [0, 0.1) is 0 Å². The molecule has 1 aliphatic rings. The van der Waals surface area contributed by atoms with Crippen molar-refractivity contribution in [2.75, 3.05) is 14.1 Å². The Labute approximate surface area is 165 Å². The van der Waals surface area contributed by atoms with Crippen molar-refractivity contribution in [1.29, 1.82) is 0 Å². The summed E-state index contributed by atoms with van der Waals surface area (Å²) in [7, 11) is 3.99. The molecular formula is C22H25ClF3N. The maximum Gasteiger partial charge on any atom is 0.416 e. The molecule has 0 spiro atoms. The van der Waals surface area contributed by atoms with Crippen LogP contribution in [0.4, 0.5) is 13.2 Å². The Balaban J connectivity index is 0.00000261. The van der Waals surface area contributed by atoms with Gasteiger partial charge in [0.15, 0.2) is 0 Å². The van der Waals surface area contributed by atoms with Crippen molar-refractivity contribution < 1.29 is 13.2 Å². The molecule has 0 aromatic heterocycles. The number of alkyl halides is 3. The standard InChI is InChI=1S/C22H24F3N.ClH/c1-26(2)21(17-12-14-18(15-13-17)22(23,24)25)20-11-7-6-10-19(20)16-8-4-3-5-9-16;/h3-5,8-9,12-15,21H,6-7,10-11H2,1-2H3;1H. The number of allylic oxidation sites excluding steroid dienone is 1. The average molecular weight is 396 g/mol. The molecule has 0 fully saturated rings. The Morgan fingerprint density at radius 3 is 2.00 bits per heavy atom. The van der Waals surface area contributed by atoms with Gasteiger partial charge in [0, 0.05) is 0 Å². The first-order valence-corrected chi connectivity index (χ1v) is 8.99. The molecule has 27 heavy (non-hydrogen) atoms. The van der Waals surface area contributed by atoms with Gasteiger partial charge in [-0.2, -0.15) is 13.2 Å².